The number of aliphatic carboxylic acids is 3. The number of rotatable bonds is 19. The highest BCUT2D eigenvalue weighted by Gasteiger charge is 2.24. The molecule has 0 aliphatic heterocycles. The third-order valence-electron chi connectivity index (χ3n) is 4.57. The molecular formula is C20H33N3O9. The Morgan fingerprint density at radius 1 is 0.719 bits per heavy atom. The van der Waals surface area contributed by atoms with Crippen molar-refractivity contribution in [2.24, 2.45) is 0 Å². The van der Waals surface area contributed by atoms with E-state index in [0.717, 1.165) is 32.0 Å². The third kappa shape index (κ3) is 15.6. The molecule has 6 N–H and O–H groups in total. The van der Waals surface area contributed by atoms with E-state index in [0.29, 0.717) is 32.2 Å². The Labute approximate surface area is 186 Å². The van der Waals surface area contributed by atoms with Crippen molar-refractivity contribution in [3.63, 3.8) is 0 Å². The molecule has 0 saturated carbocycles. The molecule has 0 fully saturated rings. The first kappa shape index (κ1) is 28.8. The molecule has 0 rings (SSSR count). The second-order valence-electron chi connectivity index (χ2n) is 7.30. The van der Waals surface area contributed by atoms with Gasteiger partial charge in [0.15, 0.2) is 0 Å². The van der Waals surface area contributed by atoms with Crippen molar-refractivity contribution in [1.29, 1.82) is 0 Å². The largest absolute Gasteiger partial charge is 0.481 e. The van der Waals surface area contributed by atoms with E-state index in [1.54, 1.807) is 0 Å². The standard InChI is InChI=1S/C20H33N3O9/c24-13-7-3-1-2-4-9-16(25)21-12-6-5-8-14(18(28)29)22-20(32)23-15(19(30)31)10-11-17(26)27/h13-15H,1-12H2,(H,21,25)(H,26,27)(H,28,29)(H,30,31)(H2,22,23,32)/t14-,15?/m0/s1. The van der Waals surface area contributed by atoms with Crippen LogP contribution < -0.4 is 16.0 Å². The molecule has 32 heavy (non-hydrogen) atoms. The lowest BCUT2D eigenvalue weighted by Gasteiger charge is -2.18. The Morgan fingerprint density at radius 3 is 1.88 bits per heavy atom. The van der Waals surface area contributed by atoms with Gasteiger partial charge in [-0.15, -0.1) is 0 Å². The SMILES string of the molecule is O=CCCCCCCC(=O)NCCCC[C@H](NC(=O)NC(CCC(=O)O)C(=O)O)C(=O)O. The molecule has 1 unspecified atom stereocenters. The van der Waals surface area contributed by atoms with Gasteiger partial charge in [0.25, 0.3) is 0 Å². The Kier molecular flexibility index (Phi) is 15.8. The number of nitrogens with one attached hydrogen (secondary N) is 3. The van der Waals surface area contributed by atoms with E-state index < -0.39 is 42.4 Å². The van der Waals surface area contributed by atoms with Crippen molar-refractivity contribution in [1.82, 2.24) is 16.0 Å². The number of carbonyl (C=O) groups excluding carboxylic acids is 3. The van der Waals surface area contributed by atoms with E-state index in [1.165, 1.54) is 0 Å². The molecule has 0 aliphatic rings. The van der Waals surface area contributed by atoms with Gasteiger partial charge in [-0.3, -0.25) is 9.59 Å². The molecule has 0 heterocycles. The number of hydrogen-bond acceptors (Lipinski definition) is 6. The lowest BCUT2D eigenvalue weighted by Crippen LogP contribution is -2.51. The van der Waals surface area contributed by atoms with Gasteiger partial charge in [0.1, 0.15) is 18.4 Å². The molecule has 0 aromatic rings. The van der Waals surface area contributed by atoms with Gasteiger partial charge >= 0.3 is 23.9 Å². The number of hydrogen-bond donors (Lipinski definition) is 6. The Balaban J connectivity index is 4.15. The van der Waals surface area contributed by atoms with Crippen LogP contribution in [-0.2, 0) is 24.0 Å². The summed E-state index contributed by atoms with van der Waals surface area (Å²) in [5.74, 6) is -4.04. The zero-order chi connectivity index (χ0) is 24.4. The minimum atomic E-state index is -1.46. The van der Waals surface area contributed by atoms with Gasteiger partial charge in [-0.2, -0.15) is 0 Å². The van der Waals surface area contributed by atoms with Crippen molar-refractivity contribution in [2.75, 3.05) is 6.54 Å². The second-order valence-corrected chi connectivity index (χ2v) is 7.30. The van der Waals surface area contributed by atoms with Crippen LogP contribution in [0.3, 0.4) is 0 Å². The van der Waals surface area contributed by atoms with Crippen LogP contribution in [0.25, 0.3) is 0 Å². The van der Waals surface area contributed by atoms with Gasteiger partial charge < -0.3 is 36.1 Å². The van der Waals surface area contributed by atoms with E-state index in [-0.39, 0.29) is 18.7 Å². The number of carboxylic acids is 3. The fraction of sp³-hybridized carbons (Fsp3) is 0.700. The van der Waals surface area contributed by atoms with E-state index in [9.17, 15) is 33.9 Å². The molecule has 0 aliphatic carbocycles. The van der Waals surface area contributed by atoms with Crippen LogP contribution in [0.15, 0.2) is 0 Å². The second kappa shape index (κ2) is 17.5. The van der Waals surface area contributed by atoms with Crippen molar-refractivity contribution < 1.29 is 44.1 Å². The molecular weight excluding hydrogens is 426 g/mol. The van der Waals surface area contributed by atoms with Crippen LogP contribution in [0.2, 0.25) is 0 Å². The Morgan fingerprint density at radius 2 is 1.31 bits per heavy atom. The fourth-order valence-electron chi connectivity index (χ4n) is 2.80. The van der Waals surface area contributed by atoms with Crippen molar-refractivity contribution in [3.05, 3.63) is 0 Å². The molecule has 0 bridgehead atoms. The van der Waals surface area contributed by atoms with Gasteiger partial charge in [-0.1, -0.05) is 12.8 Å². The summed E-state index contributed by atoms with van der Waals surface area (Å²) >= 11 is 0. The maximum absolute atomic E-state index is 11.9. The number of aldehydes is 1. The number of urea groups is 1. The first-order valence-electron chi connectivity index (χ1n) is 10.6. The number of amides is 3. The summed E-state index contributed by atoms with van der Waals surface area (Å²) in [4.78, 5) is 66.8. The topological polar surface area (TPSA) is 199 Å². The van der Waals surface area contributed by atoms with Crippen LogP contribution in [0.4, 0.5) is 4.79 Å². The van der Waals surface area contributed by atoms with E-state index in [2.05, 4.69) is 16.0 Å². The van der Waals surface area contributed by atoms with E-state index in [4.69, 9.17) is 10.2 Å². The molecule has 0 saturated heterocycles. The van der Waals surface area contributed by atoms with Crippen molar-refractivity contribution in [3.8, 4) is 0 Å². The molecule has 12 heteroatoms. The quantitative estimate of drug-likeness (QED) is 0.120. The molecule has 2 atom stereocenters. The van der Waals surface area contributed by atoms with Crippen molar-refractivity contribution >= 4 is 36.1 Å². The minimum absolute atomic E-state index is 0.0716. The minimum Gasteiger partial charge on any atom is -0.481 e. The van der Waals surface area contributed by atoms with Crippen LogP contribution in [-0.4, -0.2) is 70.1 Å². The summed E-state index contributed by atoms with van der Waals surface area (Å²) in [5.41, 5.74) is 0. The maximum Gasteiger partial charge on any atom is 0.326 e. The normalized spacial score (nSPS) is 12.2. The van der Waals surface area contributed by atoms with Gasteiger partial charge in [0, 0.05) is 25.8 Å². The smallest absolute Gasteiger partial charge is 0.326 e. The first-order chi connectivity index (χ1) is 15.2. The molecule has 182 valence electrons. The zero-order valence-corrected chi connectivity index (χ0v) is 18.0. The van der Waals surface area contributed by atoms with Gasteiger partial charge in [0.2, 0.25) is 5.91 Å². The highest BCUT2D eigenvalue weighted by atomic mass is 16.4. The number of carboxylic acid groups (broad SMARTS) is 3. The summed E-state index contributed by atoms with van der Waals surface area (Å²) in [7, 11) is 0. The summed E-state index contributed by atoms with van der Waals surface area (Å²) in [6.07, 6.45) is 5.26. The zero-order valence-electron chi connectivity index (χ0n) is 18.0. The Hall–Kier alpha value is -3.18. The predicted octanol–water partition coefficient (Wildman–Crippen LogP) is 0.883. The third-order valence-corrected chi connectivity index (χ3v) is 4.57. The summed E-state index contributed by atoms with van der Waals surface area (Å²) in [6, 6.07) is -3.73. The highest BCUT2D eigenvalue weighted by molar-refractivity contribution is 5.86. The monoisotopic (exact) mass is 459 g/mol. The summed E-state index contributed by atoms with van der Waals surface area (Å²) in [6.45, 7) is 0.360. The number of carbonyl (C=O) groups is 6. The molecule has 3 amide bonds. The molecule has 0 spiro atoms. The molecule has 0 radical (unpaired) electrons. The lowest BCUT2D eigenvalue weighted by molar-refractivity contribution is -0.141. The first-order valence-corrected chi connectivity index (χ1v) is 10.6. The predicted molar refractivity (Wildman–Crippen MR) is 112 cm³/mol. The number of unbranched alkanes of at least 4 members (excludes halogenated alkanes) is 5. The van der Waals surface area contributed by atoms with E-state index >= 15 is 0 Å². The Bertz CT molecular complexity index is 640. The average molecular weight is 459 g/mol. The lowest BCUT2D eigenvalue weighted by atomic mass is 10.1. The average Bonchev–Trinajstić information content (AvgIpc) is 2.71. The molecule has 0 aromatic heterocycles. The van der Waals surface area contributed by atoms with Gasteiger partial charge in [0.05, 0.1) is 0 Å². The van der Waals surface area contributed by atoms with Crippen LogP contribution in [0.5, 0.6) is 0 Å². The van der Waals surface area contributed by atoms with Crippen LogP contribution in [0, 0.1) is 0 Å². The van der Waals surface area contributed by atoms with Gasteiger partial charge in [-0.05, 0) is 38.5 Å². The van der Waals surface area contributed by atoms with Crippen molar-refractivity contribution in [2.45, 2.75) is 82.7 Å². The molecule has 0 aromatic carbocycles. The molecule has 12 nitrogen and oxygen atoms in total. The summed E-state index contributed by atoms with van der Waals surface area (Å²) in [5, 5.41) is 33.8. The fourth-order valence-corrected chi connectivity index (χ4v) is 2.80. The summed E-state index contributed by atoms with van der Waals surface area (Å²) < 4.78 is 0. The highest BCUT2D eigenvalue weighted by Crippen LogP contribution is 2.05. The van der Waals surface area contributed by atoms with Crippen LogP contribution in [0.1, 0.15) is 70.6 Å². The van der Waals surface area contributed by atoms with Gasteiger partial charge in [-0.25, -0.2) is 14.4 Å². The maximum atomic E-state index is 11.9. The van der Waals surface area contributed by atoms with Crippen LogP contribution >= 0.6 is 0 Å². The van der Waals surface area contributed by atoms with E-state index in [1.807, 2.05) is 0 Å².